The van der Waals surface area contributed by atoms with Crippen molar-refractivity contribution in [2.24, 2.45) is 5.73 Å². The van der Waals surface area contributed by atoms with Gasteiger partial charge >= 0.3 is 0 Å². The van der Waals surface area contributed by atoms with Gasteiger partial charge in [-0.2, -0.15) is 0 Å². The van der Waals surface area contributed by atoms with Crippen molar-refractivity contribution in [1.29, 1.82) is 0 Å². The number of rotatable bonds is 5. The summed E-state index contributed by atoms with van der Waals surface area (Å²) in [5.41, 5.74) is 6.01. The van der Waals surface area contributed by atoms with Crippen LogP contribution in [0.3, 0.4) is 0 Å². The van der Waals surface area contributed by atoms with E-state index in [4.69, 9.17) is 10.5 Å². The highest BCUT2D eigenvalue weighted by Gasteiger charge is 2.21. The lowest BCUT2D eigenvalue weighted by Crippen LogP contribution is -2.46. The smallest absolute Gasteiger partial charge is 0.0678 e. The standard InChI is InChI=1S/C12H26N2O/c1-4-5-12(13)6-7-14-8-10(2)15-11(3)9-14/h10-12H,4-9,13H2,1-3H3/t10-,11+,12?. The predicted octanol–water partition coefficient (Wildman–Crippen LogP) is 1.61. The van der Waals surface area contributed by atoms with Crippen molar-refractivity contribution in [1.82, 2.24) is 4.90 Å². The second-order valence-corrected chi connectivity index (χ2v) is 4.85. The summed E-state index contributed by atoms with van der Waals surface area (Å²) in [4.78, 5) is 2.48. The van der Waals surface area contributed by atoms with Gasteiger partial charge < -0.3 is 10.5 Å². The van der Waals surface area contributed by atoms with Crippen LogP contribution in [0.4, 0.5) is 0 Å². The van der Waals surface area contributed by atoms with Crippen molar-refractivity contribution in [3.63, 3.8) is 0 Å². The molecule has 1 unspecified atom stereocenters. The molecule has 0 aliphatic carbocycles. The van der Waals surface area contributed by atoms with Gasteiger partial charge in [0.15, 0.2) is 0 Å². The van der Waals surface area contributed by atoms with E-state index in [1.165, 1.54) is 6.42 Å². The molecule has 1 rings (SSSR count). The maximum Gasteiger partial charge on any atom is 0.0678 e. The van der Waals surface area contributed by atoms with E-state index in [0.717, 1.165) is 32.5 Å². The van der Waals surface area contributed by atoms with Crippen LogP contribution in [0.15, 0.2) is 0 Å². The second-order valence-electron chi connectivity index (χ2n) is 4.85. The Morgan fingerprint density at radius 2 is 1.87 bits per heavy atom. The highest BCUT2D eigenvalue weighted by molar-refractivity contribution is 4.74. The Balaban J connectivity index is 2.20. The Morgan fingerprint density at radius 1 is 1.27 bits per heavy atom. The van der Waals surface area contributed by atoms with E-state index >= 15 is 0 Å². The molecule has 0 radical (unpaired) electrons. The highest BCUT2D eigenvalue weighted by atomic mass is 16.5. The molecule has 2 N–H and O–H groups in total. The first-order valence-corrected chi connectivity index (χ1v) is 6.25. The second kappa shape index (κ2) is 6.46. The van der Waals surface area contributed by atoms with Crippen LogP contribution in [0.1, 0.15) is 40.0 Å². The minimum Gasteiger partial charge on any atom is -0.373 e. The molecule has 1 fully saturated rings. The van der Waals surface area contributed by atoms with Crippen molar-refractivity contribution in [3.8, 4) is 0 Å². The van der Waals surface area contributed by atoms with Crippen molar-refractivity contribution in [2.45, 2.75) is 58.3 Å². The fourth-order valence-corrected chi connectivity index (χ4v) is 2.33. The Kier molecular flexibility index (Phi) is 5.58. The summed E-state index contributed by atoms with van der Waals surface area (Å²) in [5, 5.41) is 0. The normalized spacial score (nSPS) is 30.4. The molecule has 0 bridgehead atoms. The molecule has 3 nitrogen and oxygen atoms in total. The Morgan fingerprint density at radius 3 is 2.40 bits per heavy atom. The van der Waals surface area contributed by atoms with Gasteiger partial charge in [0.25, 0.3) is 0 Å². The number of nitrogens with two attached hydrogens (primary N) is 1. The summed E-state index contributed by atoms with van der Waals surface area (Å²) in [7, 11) is 0. The number of nitrogens with zero attached hydrogens (tertiary/aromatic N) is 1. The summed E-state index contributed by atoms with van der Waals surface area (Å²) in [6.07, 6.45) is 4.20. The van der Waals surface area contributed by atoms with E-state index in [-0.39, 0.29) is 0 Å². The zero-order chi connectivity index (χ0) is 11.3. The van der Waals surface area contributed by atoms with Crippen LogP contribution < -0.4 is 5.73 Å². The molecule has 0 saturated carbocycles. The third kappa shape index (κ3) is 4.96. The SMILES string of the molecule is CCCC(N)CCN1C[C@@H](C)O[C@@H](C)C1. The van der Waals surface area contributed by atoms with E-state index in [1.807, 2.05) is 0 Å². The summed E-state index contributed by atoms with van der Waals surface area (Å²) in [6.45, 7) is 9.73. The number of morpholine rings is 1. The Hall–Kier alpha value is -0.120. The van der Waals surface area contributed by atoms with E-state index < -0.39 is 0 Å². The molecule has 0 amide bonds. The molecule has 3 heteroatoms. The van der Waals surface area contributed by atoms with Crippen molar-refractivity contribution in [3.05, 3.63) is 0 Å². The van der Waals surface area contributed by atoms with Gasteiger partial charge in [-0.25, -0.2) is 0 Å². The van der Waals surface area contributed by atoms with Gasteiger partial charge in [-0.1, -0.05) is 13.3 Å². The molecular weight excluding hydrogens is 188 g/mol. The summed E-state index contributed by atoms with van der Waals surface area (Å²) in [6, 6.07) is 0.378. The first kappa shape index (κ1) is 12.9. The van der Waals surface area contributed by atoms with Crippen LogP contribution in [0.2, 0.25) is 0 Å². The summed E-state index contributed by atoms with van der Waals surface area (Å²) < 4.78 is 5.70. The molecule has 0 aromatic rings. The molecule has 1 aliphatic rings. The van der Waals surface area contributed by atoms with Crippen molar-refractivity contribution in [2.75, 3.05) is 19.6 Å². The summed E-state index contributed by atoms with van der Waals surface area (Å²) in [5.74, 6) is 0. The number of hydrogen-bond donors (Lipinski definition) is 1. The first-order valence-electron chi connectivity index (χ1n) is 6.25. The van der Waals surface area contributed by atoms with E-state index in [9.17, 15) is 0 Å². The van der Waals surface area contributed by atoms with Crippen LogP contribution in [-0.2, 0) is 4.74 Å². The maximum atomic E-state index is 6.01. The topological polar surface area (TPSA) is 38.5 Å². The number of hydrogen-bond acceptors (Lipinski definition) is 3. The largest absolute Gasteiger partial charge is 0.373 e. The van der Waals surface area contributed by atoms with Gasteiger partial charge in [0.2, 0.25) is 0 Å². The average Bonchev–Trinajstić information content (AvgIpc) is 2.14. The van der Waals surface area contributed by atoms with Crippen LogP contribution in [0, 0.1) is 0 Å². The Bertz CT molecular complexity index is 165. The van der Waals surface area contributed by atoms with Crippen molar-refractivity contribution >= 4 is 0 Å². The molecular formula is C12H26N2O. The minimum atomic E-state index is 0.371. The van der Waals surface area contributed by atoms with E-state index in [1.54, 1.807) is 0 Å². The van der Waals surface area contributed by atoms with Crippen LogP contribution in [0.5, 0.6) is 0 Å². The van der Waals surface area contributed by atoms with Crippen LogP contribution in [-0.4, -0.2) is 42.8 Å². The van der Waals surface area contributed by atoms with Crippen molar-refractivity contribution < 1.29 is 4.74 Å². The third-order valence-electron chi connectivity index (χ3n) is 2.97. The molecule has 3 atom stereocenters. The zero-order valence-corrected chi connectivity index (χ0v) is 10.4. The molecule has 0 aromatic heterocycles. The molecule has 1 saturated heterocycles. The van der Waals surface area contributed by atoms with Gasteiger partial charge in [0.05, 0.1) is 12.2 Å². The lowest BCUT2D eigenvalue weighted by molar-refractivity contribution is -0.0684. The van der Waals surface area contributed by atoms with Gasteiger partial charge in [-0.15, -0.1) is 0 Å². The van der Waals surface area contributed by atoms with Gasteiger partial charge in [-0.05, 0) is 33.2 Å². The van der Waals surface area contributed by atoms with E-state index in [0.29, 0.717) is 18.2 Å². The fourth-order valence-electron chi connectivity index (χ4n) is 2.33. The zero-order valence-electron chi connectivity index (χ0n) is 10.4. The van der Waals surface area contributed by atoms with Gasteiger partial charge in [-0.3, -0.25) is 4.90 Å². The third-order valence-corrected chi connectivity index (χ3v) is 2.97. The first-order chi connectivity index (χ1) is 7.11. The maximum absolute atomic E-state index is 6.01. The highest BCUT2D eigenvalue weighted by Crippen LogP contribution is 2.11. The molecule has 1 aliphatic heterocycles. The molecule has 90 valence electrons. The number of ether oxygens (including phenoxy) is 1. The quantitative estimate of drug-likeness (QED) is 0.755. The minimum absolute atomic E-state index is 0.371. The van der Waals surface area contributed by atoms with Gasteiger partial charge in [0, 0.05) is 19.1 Å². The molecule has 1 heterocycles. The Labute approximate surface area is 94.0 Å². The summed E-state index contributed by atoms with van der Waals surface area (Å²) >= 11 is 0. The average molecular weight is 214 g/mol. The predicted molar refractivity (Wildman–Crippen MR) is 63.9 cm³/mol. The monoisotopic (exact) mass is 214 g/mol. The fraction of sp³-hybridized carbons (Fsp3) is 1.00. The molecule has 0 spiro atoms. The van der Waals surface area contributed by atoms with E-state index in [2.05, 4.69) is 25.7 Å². The molecule has 15 heavy (non-hydrogen) atoms. The van der Waals surface area contributed by atoms with Crippen LogP contribution in [0.25, 0.3) is 0 Å². The lowest BCUT2D eigenvalue weighted by Gasteiger charge is -2.35. The molecule has 0 aromatic carbocycles. The van der Waals surface area contributed by atoms with Crippen LogP contribution >= 0.6 is 0 Å². The lowest BCUT2D eigenvalue weighted by atomic mass is 10.1. The van der Waals surface area contributed by atoms with Gasteiger partial charge in [0.1, 0.15) is 0 Å².